The van der Waals surface area contributed by atoms with E-state index in [1.165, 1.54) is 0 Å². The molecule has 1 fully saturated rings. The Kier molecular flexibility index (Phi) is 3.10. The first kappa shape index (κ1) is 13.3. The summed E-state index contributed by atoms with van der Waals surface area (Å²) in [5.41, 5.74) is 6.63. The van der Waals surface area contributed by atoms with Crippen LogP contribution in [0.2, 0.25) is 0 Å². The summed E-state index contributed by atoms with van der Waals surface area (Å²) in [5.74, 6) is 1.22. The van der Waals surface area contributed by atoms with Gasteiger partial charge in [-0.05, 0) is 13.8 Å². The first-order chi connectivity index (χ1) is 9.44. The molecule has 0 aromatic carbocycles. The lowest BCUT2D eigenvalue weighted by Crippen LogP contribution is -2.47. The van der Waals surface area contributed by atoms with Gasteiger partial charge in [-0.1, -0.05) is 0 Å². The number of hydrogen-bond acceptors (Lipinski definition) is 6. The van der Waals surface area contributed by atoms with E-state index < -0.39 is 0 Å². The van der Waals surface area contributed by atoms with Gasteiger partial charge in [0.2, 0.25) is 0 Å². The highest BCUT2D eigenvalue weighted by atomic mass is 16.5. The lowest BCUT2D eigenvalue weighted by molar-refractivity contribution is -0.0887. The van der Waals surface area contributed by atoms with E-state index in [1.807, 2.05) is 7.05 Å². The summed E-state index contributed by atoms with van der Waals surface area (Å²) in [6.45, 7) is 7.35. The van der Waals surface area contributed by atoms with E-state index in [1.54, 1.807) is 10.9 Å². The second kappa shape index (κ2) is 4.68. The topological polar surface area (TPSA) is 82.1 Å². The lowest BCUT2D eigenvalue weighted by atomic mass is 10.1. The standard InChI is InChI=1S/C13H20N6O/c1-13(2)8-19(4-5-20-13)7-10-16-11(14)9-6-15-18(3)12(9)17-10/h6H,4-5,7-8H2,1-3H3,(H2,14,16,17). The maximum Gasteiger partial charge on any atom is 0.163 e. The number of nitrogens with two attached hydrogens (primary N) is 1. The van der Waals surface area contributed by atoms with Crippen molar-refractivity contribution in [2.45, 2.75) is 26.0 Å². The third-order valence-electron chi connectivity index (χ3n) is 3.54. The van der Waals surface area contributed by atoms with Gasteiger partial charge in [0.15, 0.2) is 5.65 Å². The van der Waals surface area contributed by atoms with Crippen molar-refractivity contribution in [2.75, 3.05) is 25.4 Å². The maximum absolute atomic E-state index is 5.98. The molecule has 1 saturated heterocycles. The quantitative estimate of drug-likeness (QED) is 0.863. The minimum Gasteiger partial charge on any atom is -0.383 e. The van der Waals surface area contributed by atoms with Crippen LogP contribution in [0.1, 0.15) is 19.7 Å². The van der Waals surface area contributed by atoms with Gasteiger partial charge in [-0.2, -0.15) is 5.10 Å². The molecule has 0 atom stereocenters. The lowest BCUT2D eigenvalue weighted by Gasteiger charge is -2.37. The van der Waals surface area contributed by atoms with E-state index in [2.05, 4.69) is 33.8 Å². The third kappa shape index (κ3) is 2.46. The zero-order valence-corrected chi connectivity index (χ0v) is 12.1. The molecule has 0 saturated carbocycles. The summed E-state index contributed by atoms with van der Waals surface area (Å²) < 4.78 is 7.43. The first-order valence-electron chi connectivity index (χ1n) is 6.75. The molecule has 7 heteroatoms. The largest absolute Gasteiger partial charge is 0.383 e. The summed E-state index contributed by atoms with van der Waals surface area (Å²) in [7, 11) is 1.86. The van der Waals surface area contributed by atoms with Crippen LogP contribution in [0.3, 0.4) is 0 Å². The predicted octanol–water partition coefficient (Wildman–Crippen LogP) is 0.556. The van der Waals surface area contributed by atoms with Gasteiger partial charge in [0, 0.05) is 20.1 Å². The molecule has 2 aromatic rings. The molecule has 0 spiro atoms. The first-order valence-corrected chi connectivity index (χ1v) is 6.75. The number of nitrogens with zero attached hydrogens (tertiary/aromatic N) is 5. The summed E-state index contributed by atoms with van der Waals surface area (Å²) >= 11 is 0. The fourth-order valence-electron chi connectivity index (χ4n) is 2.61. The Balaban J connectivity index is 1.85. The van der Waals surface area contributed by atoms with Crippen LogP contribution in [0.4, 0.5) is 5.82 Å². The van der Waals surface area contributed by atoms with Crippen molar-refractivity contribution in [3.8, 4) is 0 Å². The Hall–Kier alpha value is -1.73. The van der Waals surface area contributed by atoms with Crippen molar-refractivity contribution in [1.82, 2.24) is 24.6 Å². The monoisotopic (exact) mass is 276 g/mol. The molecule has 3 rings (SSSR count). The molecule has 2 aromatic heterocycles. The van der Waals surface area contributed by atoms with E-state index in [0.29, 0.717) is 12.4 Å². The number of anilines is 1. The highest BCUT2D eigenvalue weighted by Gasteiger charge is 2.27. The van der Waals surface area contributed by atoms with Gasteiger partial charge in [0.05, 0.1) is 30.3 Å². The Labute approximate surface area is 117 Å². The molecule has 108 valence electrons. The van der Waals surface area contributed by atoms with E-state index in [4.69, 9.17) is 10.5 Å². The minimum atomic E-state index is -0.125. The normalized spacial score (nSPS) is 19.6. The number of aryl methyl sites for hydroxylation is 1. The van der Waals surface area contributed by atoms with E-state index >= 15 is 0 Å². The smallest absolute Gasteiger partial charge is 0.163 e. The SMILES string of the molecule is Cn1ncc2c(N)nc(CN3CCOC(C)(C)C3)nc21. The van der Waals surface area contributed by atoms with Gasteiger partial charge in [-0.3, -0.25) is 9.58 Å². The molecule has 20 heavy (non-hydrogen) atoms. The van der Waals surface area contributed by atoms with Crippen molar-refractivity contribution < 1.29 is 4.74 Å². The summed E-state index contributed by atoms with van der Waals surface area (Å²) in [4.78, 5) is 11.2. The average Bonchev–Trinajstić information content (AvgIpc) is 2.70. The number of nitrogen functional groups attached to an aromatic ring is 1. The summed E-state index contributed by atoms with van der Waals surface area (Å²) in [5, 5.41) is 4.97. The molecule has 1 aliphatic heterocycles. The number of rotatable bonds is 2. The highest BCUT2D eigenvalue weighted by Crippen LogP contribution is 2.20. The molecule has 1 aliphatic rings. The van der Waals surface area contributed by atoms with Gasteiger partial charge in [-0.25, -0.2) is 9.97 Å². The van der Waals surface area contributed by atoms with E-state index in [9.17, 15) is 0 Å². The minimum absolute atomic E-state index is 0.125. The van der Waals surface area contributed by atoms with Gasteiger partial charge < -0.3 is 10.5 Å². The Morgan fingerprint density at radius 1 is 1.40 bits per heavy atom. The number of aromatic nitrogens is 4. The molecular weight excluding hydrogens is 256 g/mol. The molecule has 2 N–H and O–H groups in total. The molecule has 0 bridgehead atoms. The van der Waals surface area contributed by atoms with Crippen molar-refractivity contribution in [2.24, 2.45) is 7.05 Å². The van der Waals surface area contributed by atoms with Crippen molar-refractivity contribution >= 4 is 16.9 Å². The summed E-state index contributed by atoms with van der Waals surface area (Å²) in [6, 6.07) is 0. The van der Waals surface area contributed by atoms with E-state index in [-0.39, 0.29) is 5.60 Å². The molecule has 3 heterocycles. The second-order valence-corrected chi connectivity index (χ2v) is 5.85. The van der Waals surface area contributed by atoms with Gasteiger partial charge in [0.1, 0.15) is 11.6 Å². The molecule has 0 radical (unpaired) electrons. The molecule has 7 nitrogen and oxygen atoms in total. The Morgan fingerprint density at radius 3 is 2.95 bits per heavy atom. The highest BCUT2D eigenvalue weighted by molar-refractivity contribution is 5.84. The maximum atomic E-state index is 5.98. The number of hydrogen-bond donors (Lipinski definition) is 1. The molecule has 0 aliphatic carbocycles. The van der Waals surface area contributed by atoms with Crippen LogP contribution in [0, 0.1) is 0 Å². The zero-order chi connectivity index (χ0) is 14.3. The Morgan fingerprint density at radius 2 is 2.20 bits per heavy atom. The average molecular weight is 276 g/mol. The van der Waals surface area contributed by atoms with Crippen LogP contribution in [-0.4, -0.2) is 49.9 Å². The van der Waals surface area contributed by atoms with Crippen molar-refractivity contribution in [3.05, 3.63) is 12.0 Å². The van der Waals surface area contributed by atoms with Crippen LogP contribution in [0.25, 0.3) is 11.0 Å². The van der Waals surface area contributed by atoms with Crippen LogP contribution < -0.4 is 5.73 Å². The molecular formula is C13H20N6O. The van der Waals surface area contributed by atoms with Crippen molar-refractivity contribution in [1.29, 1.82) is 0 Å². The van der Waals surface area contributed by atoms with Crippen LogP contribution in [-0.2, 0) is 18.3 Å². The third-order valence-corrected chi connectivity index (χ3v) is 3.54. The van der Waals surface area contributed by atoms with Crippen LogP contribution >= 0.6 is 0 Å². The summed E-state index contributed by atoms with van der Waals surface area (Å²) in [6.07, 6.45) is 1.70. The molecule has 0 amide bonds. The predicted molar refractivity (Wildman–Crippen MR) is 76.0 cm³/mol. The van der Waals surface area contributed by atoms with Gasteiger partial charge in [-0.15, -0.1) is 0 Å². The van der Waals surface area contributed by atoms with Gasteiger partial charge in [0.25, 0.3) is 0 Å². The molecule has 0 unspecified atom stereocenters. The number of fused-ring (bicyclic) bond motifs is 1. The van der Waals surface area contributed by atoms with E-state index in [0.717, 1.165) is 36.6 Å². The number of morpholine rings is 1. The fraction of sp³-hybridized carbons (Fsp3) is 0.615. The van der Waals surface area contributed by atoms with Crippen LogP contribution in [0.15, 0.2) is 6.20 Å². The number of ether oxygens (including phenoxy) is 1. The fourth-order valence-corrected chi connectivity index (χ4v) is 2.61. The van der Waals surface area contributed by atoms with Gasteiger partial charge >= 0.3 is 0 Å². The zero-order valence-electron chi connectivity index (χ0n) is 12.1. The van der Waals surface area contributed by atoms with Crippen LogP contribution in [0.5, 0.6) is 0 Å². The Bertz CT molecular complexity index is 635. The van der Waals surface area contributed by atoms with Crippen molar-refractivity contribution in [3.63, 3.8) is 0 Å². The second-order valence-electron chi connectivity index (χ2n) is 5.85.